The van der Waals surface area contributed by atoms with Gasteiger partial charge in [-0.2, -0.15) is 4.31 Å². The minimum absolute atomic E-state index is 0.0103. The number of nitrogens with zero attached hydrogens (tertiary/aromatic N) is 1. The Morgan fingerprint density at radius 3 is 2.20 bits per heavy atom. The molecular weight excluding hydrogens is 594 g/mol. The fourth-order valence-corrected chi connectivity index (χ4v) is 6.42. The van der Waals surface area contributed by atoms with Crippen LogP contribution in [0, 0.1) is 5.92 Å². The lowest BCUT2D eigenvalue weighted by molar-refractivity contribution is -0.138. The van der Waals surface area contributed by atoms with Crippen molar-refractivity contribution in [3.8, 4) is 5.75 Å². The predicted molar refractivity (Wildman–Crippen MR) is 173 cm³/mol. The number of aliphatic hydroxyl groups excluding tert-OH is 1. The molecule has 238 valence electrons. The highest BCUT2D eigenvalue weighted by Crippen LogP contribution is 2.22. The molecule has 4 rings (SSSR count). The number of anilines is 1. The third-order valence-electron chi connectivity index (χ3n) is 6.96. The minimum atomic E-state index is -4.04. The molecule has 4 aromatic rings. The number of carbonyl (C=O) groups excluding carboxylic acids is 2. The van der Waals surface area contributed by atoms with Crippen LogP contribution in [0.1, 0.15) is 26.3 Å². The van der Waals surface area contributed by atoms with E-state index in [1.165, 1.54) is 35.5 Å². The van der Waals surface area contributed by atoms with E-state index >= 15 is 0 Å². The van der Waals surface area contributed by atoms with E-state index in [1.54, 1.807) is 6.07 Å². The van der Waals surface area contributed by atoms with Crippen molar-refractivity contribution in [1.29, 1.82) is 0 Å². The van der Waals surface area contributed by atoms with E-state index in [1.807, 2.05) is 80.6 Å². The van der Waals surface area contributed by atoms with Gasteiger partial charge in [-0.15, -0.1) is 0 Å². The van der Waals surface area contributed by atoms with Gasteiger partial charge in [0.05, 0.1) is 22.7 Å². The lowest BCUT2D eigenvalue weighted by Gasteiger charge is -2.30. The van der Waals surface area contributed by atoms with Gasteiger partial charge in [-0.1, -0.05) is 74.5 Å². The first-order valence-corrected chi connectivity index (χ1v) is 16.1. The molecule has 0 fully saturated rings. The normalized spacial score (nSPS) is 12.9. The van der Waals surface area contributed by atoms with E-state index in [2.05, 4.69) is 10.8 Å². The largest absolute Gasteiger partial charge is 0.484 e. The highest BCUT2D eigenvalue weighted by molar-refractivity contribution is 7.89. The molecule has 0 saturated carbocycles. The second-order valence-electron chi connectivity index (χ2n) is 11.2. The molecule has 4 aromatic carbocycles. The van der Waals surface area contributed by atoms with Gasteiger partial charge in [0.2, 0.25) is 10.0 Å². The van der Waals surface area contributed by atoms with Gasteiger partial charge in [0.25, 0.3) is 5.91 Å². The molecule has 2 atom stereocenters. The molecule has 0 aliphatic carbocycles. The third-order valence-corrected chi connectivity index (χ3v) is 8.81. The number of benzene rings is 4. The molecule has 11 heteroatoms. The van der Waals surface area contributed by atoms with Crippen LogP contribution in [0.3, 0.4) is 0 Å². The van der Waals surface area contributed by atoms with Crippen LogP contribution in [0.2, 0.25) is 0 Å². The molecule has 3 N–H and O–H groups in total. The Labute approximate surface area is 264 Å². The number of aliphatic hydroxyl groups is 1. The zero-order valence-electron chi connectivity index (χ0n) is 25.6. The summed E-state index contributed by atoms with van der Waals surface area (Å²) in [6.07, 6.45) is -0.969. The van der Waals surface area contributed by atoms with E-state index in [9.17, 15) is 23.1 Å². The number of fused-ring (bicyclic) bond motifs is 1. The van der Waals surface area contributed by atoms with Crippen LogP contribution < -0.4 is 15.5 Å². The lowest BCUT2D eigenvalue weighted by atomic mass is 10.0. The topological polar surface area (TPSA) is 134 Å². The number of hydrogen-bond acceptors (Lipinski definition) is 8. The summed E-state index contributed by atoms with van der Waals surface area (Å²) in [5.41, 5.74) is 3.72. The van der Waals surface area contributed by atoms with Crippen molar-refractivity contribution in [1.82, 2.24) is 9.62 Å². The van der Waals surface area contributed by atoms with Gasteiger partial charge < -0.3 is 20.0 Å². The number of sulfonamides is 1. The van der Waals surface area contributed by atoms with Crippen molar-refractivity contribution >= 4 is 38.4 Å². The van der Waals surface area contributed by atoms with Gasteiger partial charge in [0.15, 0.2) is 6.61 Å². The summed E-state index contributed by atoms with van der Waals surface area (Å²) in [7, 11) is -4.04. The fourth-order valence-electron chi connectivity index (χ4n) is 4.79. The Kier molecular flexibility index (Phi) is 11.5. The van der Waals surface area contributed by atoms with Crippen LogP contribution in [-0.2, 0) is 30.9 Å². The summed E-state index contributed by atoms with van der Waals surface area (Å²) in [6, 6.07) is 27.7. The van der Waals surface area contributed by atoms with E-state index < -0.39 is 34.0 Å². The molecular formula is C34H39N3O7S. The van der Waals surface area contributed by atoms with E-state index in [0.29, 0.717) is 11.4 Å². The first-order valence-electron chi connectivity index (χ1n) is 14.7. The highest BCUT2D eigenvalue weighted by Gasteiger charge is 2.31. The maximum Gasteiger partial charge on any atom is 0.329 e. The Bertz CT molecular complexity index is 1680. The molecule has 10 nitrogen and oxygen atoms in total. The predicted octanol–water partition coefficient (Wildman–Crippen LogP) is 4.54. The van der Waals surface area contributed by atoms with E-state index in [0.717, 1.165) is 16.3 Å². The maximum atomic E-state index is 13.7. The highest BCUT2D eigenvalue weighted by atomic mass is 32.2. The minimum Gasteiger partial charge on any atom is -0.484 e. The van der Waals surface area contributed by atoms with Crippen molar-refractivity contribution in [2.45, 2.75) is 44.2 Å². The Morgan fingerprint density at radius 2 is 1.53 bits per heavy atom. The van der Waals surface area contributed by atoms with E-state index in [-0.39, 0.29) is 36.9 Å². The van der Waals surface area contributed by atoms with Gasteiger partial charge >= 0.3 is 5.97 Å². The first kappa shape index (κ1) is 33.4. The standard InChI is InChI=1S/C34H39N3O7S/c1-24(2)21-37(45(41,42)31-17-14-29(15-18-31)36-44-25(3)38)22-33(39)32(19-26-9-5-4-6-10-26)35-34(40)23-43-30-16-13-27-11-7-8-12-28(27)20-30/h4-18,20,24,32-33,36,39H,19,21-23H2,1-3H3,(H,35,40)/t32-,33+/m0/s1. The monoisotopic (exact) mass is 633 g/mol. The van der Waals surface area contributed by atoms with Crippen LogP contribution in [0.25, 0.3) is 10.8 Å². The molecule has 0 aromatic heterocycles. The molecule has 0 aliphatic heterocycles. The summed E-state index contributed by atoms with van der Waals surface area (Å²) < 4.78 is 34.5. The zero-order chi connectivity index (χ0) is 32.4. The van der Waals surface area contributed by atoms with Gasteiger partial charge in [-0.25, -0.2) is 13.9 Å². The van der Waals surface area contributed by atoms with Gasteiger partial charge in [-0.3, -0.25) is 9.59 Å². The second-order valence-corrected chi connectivity index (χ2v) is 13.1. The number of carbonyl (C=O) groups is 2. The summed E-state index contributed by atoms with van der Waals surface area (Å²) in [4.78, 5) is 28.9. The van der Waals surface area contributed by atoms with Crippen molar-refractivity contribution in [2.24, 2.45) is 5.92 Å². The van der Waals surface area contributed by atoms with Crippen LogP contribution in [0.15, 0.2) is 102 Å². The number of hydrogen-bond donors (Lipinski definition) is 3. The number of rotatable bonds is 15. The van der Waals surface area contributed by atoms with Crippen LogP contribution >= 0.6 is 0 Å². The quantitative estimate of drug-likeness (QED) is 0.163. The van der Waals surface area contributed by atoms with Crippen molar-refractivity contribution in [2.75, 3.05) is 25.2 Å². The van der Waals surface area contributed by atoms with Crippen molar-refractivity contribution in [3.63, 3.8) is 0 Å². The Balaban J connectivity index is 1.49. The Morgan fingerprint density at radius 1 is 0.867 bits per heavy atom. The number of ether oxygens (including phenoxy) is 1. The molecule has 0 saturated heterocycles. The third kappa shape index (κ3) is 9.77. The van der Waals surface area contributed by atoms with Gasteiger partial charge in [0, 0.05) is 20.0 Å². The Hall–Kier alpha value is -4.45. The van der Waals surface area contributed by atoms with Crippen molar-refractivity contribution < 1.29 is 32.7 Å². The average Bonchev–Trinajstić information content (AvgIpc) is 3.02. The van der Waals surface area contributed by atoms with Crippen LogP contribution in [0.5, 0.6) is 5.75 Å². The SMILES string of the molecule is CC(=O)ONc1ccc(S(=O)(=O)N(CC(C)C)C[C@@H](O)[C@H](Cc2ccccc2)NC(=O)COc2ccc3ccccc3c2)cc1. The summed E-state index contributed by atoms with van der Waals surface area (Å²) >= 11 is 0. The van der Waals surface area contributed by atoms with Gasteiger partial charge in [-0.05, 0) is 65.1 Å². The second kappa shape index (κ2) is 15.5. The maximum absolute atomic E-state index is 13.7. The summed E-state index contributed by atoms with van der Waals surface area (Å²) in [5, 5.41) is 16.4. The van der Waals surface area contributed by atoms with Crippen LogP contribution in [-0.4, -0.2) is 61.5 Å². The van der Waals surface area contributed by atoms with Gasteiger partial charge in [0.1, 0.15) is 5.75 Å². The first-order chi connectivity index (χ1) is 21.5. The molecule has 0 bridgehead atoms. The average molecular weight is 634 g/mol. The number of nitrogens with one attached hydrogen (secondary N) is 2. The molecule has 45 heavy (non-hydrogen) atoms. The number of amides is 1. The molecule has 0 radical (unpaired) electrons. The molecule has 1 amide bonds. The van der Waals surface area contributed by atoms with Crippen LogP contribution in [0.4, 0.5) is 5.69 Å². The molecule has 0 heterocycles. The molecule has 0 unspecified atom stereocenters. The molecule has 0 aliphatic rings. The fraction of sp³-hybridized carbons (Fsp3) is 0.294. The smallest absolute Gasteiger partial charge is 0.329 e. The summed E-state index contributed by atoms with van der Waals surface area (Å²) in [5.74, 6) is -0.500. The zero-order valence-corrected chi connectivity index (χ0v) is 26.4. The van der Waals surface area contributed by atoms with E-state index in [4.69, 9.17) is 9.57 Å². The van der Waals surface area contributed by atoms with Crippen molar-refractivity contribution in [3.05, 3.63) is 103 Å². The lowest BCUT2D eigenvalue weighted by Crippen LogP contribution is -2.52. The molecule has 0 spiro atoms. The summed E-state index contributed by atoms with van der Waals surface area (Å²) in [6.45, 7) is 4.62.